The van der Waals surface area contributed by atoms with Crippen molar-refractivity contribution in [3.05, 3.63) is 24.3 Å². The number of methoxy groups -OCH3 is 1. The first-order chi connectivity index (χ1) is 13.1. The van der Waals surface area contributed by atoms with Gasteiger partial charge in [-0.05, 0) is 37.6 Å². The molecule has 1 atom stereocenters. The highest BCUT2D eigenvalue weighted by Crippen LogP contribution is 2.20. The van der Waals surface area contributed by atoms with Gasteiger partial charge < -0.3 is 25.2 Å². The molecule has 2 rings (SSSR count). The van der Waals surface area contributed by atoms with E-state index in [9.17, 15) is 4.79 Å². The van der Waals surface area contributed by atoms with Crippen LogP contribution >= 0.6 is 0 Å². The molecule has 1 saturated heterocycles. The maximum atomic E-state index is 11.9. The van der Waals surface area contributed by atoms with Crippen LogP contribution in [0, 0.1) is 0 Å². The van der Waals surface area contributed by atoms with Gasteiger partial charge in [-0.2, -0.15) is 0 Å². The Morgan fingerprint density at radius 3 is 2.44 bits per heavy atom. The molecular weight excluding hydrogens is 342 g/mol. The number of carbonyl (C=O) groups excluding carboxylic acids is 1. The van der Waals surface area contributed by atoms with Crippen molar-refractivity contribution in [3.63, 3.8) is 0 Å². The van der Waals surface area contributed by atoms with Gasteiger partial charge >= 0.3 is 0 Å². The van der Waals surface area contributed by atoms with Crippen LogP contribution < -0.4 is 20.3 Å². The summed E-state index contributed by atoms with van der Waals surface area (Å²) in [5.74, 6) is 1.82. The third-order valence-electron chi connectivity index (χ3n) is 4.88. The molecule has 7 heteroatoms. The van der Waals surface area contributed by atoms with E-state index < -0.39 is 0 Å². The van der Waals surface area contributed by atoms with E-state index in [2.05, 4.69) is 44.5 Å². The lowest BCUT2D eigenvalue weighted by Gasteiger charge is -2.37. The van der Waals surface area contributed by atoms with Crippen molar-refractivity contribution in [1.29, 1.82) is 0 Å². The molecule has 1 aromatic rings. The predicted molar refractivity (Wildman–Crippen MR) is 111 cm³/mol. The Morgan fingerprint density at radius 2 is 1.89 bits per heavy atom. The molecule has 0 aromatic heterocycles. The Morgan fingerprint density at radius 1 is 1.22 bits per heavy atom. The number of rotatable bonds is 7. The summed E-state index contributed by atoms with van der Waals surface area (Å²) in [6.45, 7) is 8.33. The lowest BCUT2D eigenvalue weighted by atomic mass is 10.2. The maximum Gasteiger partial charge on any atom is 0.221 e. The largest absolute Gasteiger partial charge is 0.497 e. The van der Waals surface area contributed by atoms with Gasteiger partial charge in [0, 0.05) is 57.9 Å². The SMILES string of the molecule is CCC(C)NC(=O)CCNC(=NC)N1CCN(c2ccc(OC)cc2)CC1. The molecule has 1 aromatic carbocycles. The molecule has 1 aliphatic heterocycles. The average Bonchev–Trinajstić information content (AvgIpc) is 2.71. The van der Waals surface area contributed by atoms with Crippen molar-refractivity contribution in [3.8, 4) is 5.75 Å². The van der Waals surface area contributed by atoms with Crippen LogP contribution in [0.5, 0.6) is 5.75 Å². The molecule has 0 radical (unpaired) electrons. The van der Waals surface area contributed by atoms with Gasteiger partial charge in [0.1, 0.15) is 5.75 Å². The molecule has 1 fully saturated rings. The minimum Gasteiger partial charge on any atom is -0.497 e. The second kappa shape index (κ2) is 10.6. The van der Waals surface area contributed by atoms with E-state index in [-0.39, 0.29) is 11.9 Å². The van der Waals surface area contributed by atoms with Crippen LogP contribution in [0.3, 0.4) is 0 Å². The number of aliphatic imine (C=N–C) groups is 1. The van der Waals surface area contributed by atoms with Crippen LogP contribution in [-0.2, 0) is 4.79 Å². The summed E-state index contributed by atoms with van der Waals surface area (Å²) in [4.78, 5) is 20.9. The highest BCUT2D eigenvalue weighted by Gasteiger charge is 2.20. The van der Waals surface area contributed by atoms with Gasteiger partial charge in [0.15, 0.2) is 5.96 Å². The number of nitrogens with zero attached hydrogens (tertiary/aromatic N) is 3. The first kappa shape index (κ1) is 20.9. The Bertz CT molecular complexity index is 609. The molecule has 27 heavy (non-hydrogen) atoms. The van der Waals surface area contributed by atoms with Crippen molar-refractivity contribution in [2.75, 3.05) is 51.8 Å². The van der Waals surface area contributed by atoms with E-state index in [1.807, 2.05) is 19.1 Å². The van der Waals surface area contributed by atoms with E-state index in [1.54, 1.807) is 14.2 Å². The number of hydrogen-bond acceptors (Lipinski definition) is 4. The van der Waals surface area contributed by atoms with E-state index in [0.29, 0.717) is 13.0 Å². The summed E-state index contributed by atoms with van der Waals surface area (Å²) in [6.07, 6.45) is 1.40. The standard InChI is InChI=1S/C20H33N5O2/c1-5-16(2)23-19(26)10-11-22-20(21-3)25-14-12-24(13-15-25)17-6-8-18(27-4)9-7-17/h6-9,16H,5,10-15H2,1-4H3,(H,21,22)(H,23,26). The summed E-state index contributed by atoms with van der Waals surface area (Å²) < 4.78 is 5.22. The van der Waals surface area contributed by atoms with Crippen LogP contribution in [0.15, 0.2) is 29.3 Å². The Balaban J connectivity index is 1.76. The average molecular weight is 376 g/mol. The molecule has 0 aliphatic carbocycles. The van der Waals surface area contributed by atoms with Gasteiger partial charge in [-0.1, -0.05) is 6.92 Å². The molecule has 0 spiro atoms. The summed E-state index contributed by atoms with van der Waals surface area (Å²) in [5, 5.41) is 6.30. The van der Waals surface area contributed by atoms with Crippen molar-refractivity contribution in [1.82, 2.24) is 15.5 Å². The molecule has 150 valence electrons. The number of carbonyl (C=O) groups is 1. The van der Waals surface area contributed by atoms with Crippen LogP contribution in [-0.4, -0.2) is 69.7 Å². The fourth-order valence-electron chi connectivity index (χ4n) is 3.04. The van der Waals surface area contributed by atoms with E-state index in [1.165, 1.54) is 5.69 Å². The van der Waals surface area contributed by atoms with Crippen molar-refractivity contribution in [2.45, 2.75) is 32.7 Å². The molecule has 0 saturated carbocycles. The minimum atomic E-state index is 0.0802. The van der Waals surface area contributed by atoms with Crippen molar-refractivity contribution < 1.29 is 9.53 Å². The summed E-state index contributed by atoms with van der Waals surface area (Å²) in [6, 6.07) is 8.40. The van der Waals surface area contributed by atoms with Crippen LogP contribution in [0.1, 0.15) is 26.7 Å². The van der Waals surface area contributed by atoms with Gasteiger partial charge in [0.2, 0.25) is 5.91 Å². The molecule has 1 heterocycles. The lowest BCUT2D eigenvalue weighted by Crippen LogP contribution is -2.53. The van der Waals surface area contributed by atoms with Gasteiger partial charge in [-0.15, -0.1) is 0 Å². The number of hydrogen-bond donors (Lipinski definition) is 2. The number of guanidine groups is 1. The third-order valence-corrected chi connectivity index (χ3v) is 4.88. The summed E-state index contributed by atoms with van der Waals surface area (Å²) >= 11 is 0. The highest BCUT2D eigenvalue weighted by atomic mass is 16.5. The topological polar surface area (TPSA) is 69.2 Å². The number of benzene rings is 1. The molecular formula is C20H33N5O2. The van der Waals surface area contributed by atoms with Crippen LogP contribution in [0.25, 0.3) is 0 Å². The lowest BCUT2D eigenvalue weighted by molar-refractivity contribution is -0.121. The first-order valence-corrected chi connectivity index (χ1v) is 9.71. The van der Waals surface area contributed by atoms with Gasteiger partial charge in [0.05, 0.1) is 7.11 Å². The Hall–Kier alpha value is -2.44. The molecule has 1 aliphatic rings. The number of piperazine rings is 1. The van der Waals surface area contributed by atoms with Gasteiger partial charge in [-0.25, -0.2) is 0 Å². The molecule has 1 amide bonds. The van der Waals surface area contributed by atoms with E-state index in [0.717, 1.165) is 44.3 Å². The smallest absolute Gasteiger partial charge is 0.221 e. The van der Waals surface area contributed by atoms with E-state index >= 15 is 0 Å². The zero-order chi connectivity index (χ0) is 19.6. The minimum absolute atomic E-state index is 0.0802. The number of anilines is 1. The second-order valence-corrected chi connectivity index (χ2v) is 6.77. The zero-order valence-corrected chi connectivity index (χ0v) is 17.0. The van der Waals surface area contributed by atoms with Gasteiger partial charge in [-0.3, -0.25) is 9.79 Å². The fourth-order valence-corrected chi connectivity index (χ4v) is 3.04. The third kappa shape index (κ3) is 6.34. The molecule has 1 unspecified atom stereocenters. The van der Waals surface area contributed by atoms with Crippen molar-refractivity contribution >= 4 is 17.6 Å². The highest BCUT2D eigenvalue weighted by molar-refractivity contribution is 5.81. The number of nitrogens with one attached hydrogen (secondary N) is 2. The zero-order valence-electron chi connectivity index (χ0n) is 17.0. The predicted octanol–water partition coefficient (Wildman–Crippen LogP) is 1.70. The Labute approximate surface area is 162 Å². The van der Waals surface area contributed by atoms with Crippen LogP contribution in [0.2, 0.25) is 0 Å². The van der Waals surface area contributed by atoms with Crippen molar-refractivity contribution in [2.24, 2.45) is 4.99 Å². The Kier molecular flexibility index (Phi) is 8.23. The summed E-state index contributed by atoms with van der Waals surface area (Å²) in [5.41, 5.74) is 1.21. The quantitative estimate of drug-likeness (QED) is 0.561. The summed E-state index contributed by atoms with van der Waals surface area (Å²) in [7, 11) is 3.47. The molecule has 0 bridgehead atoms. The second-order valence-electron chi connectivity index (χ2n) is 6.77. The monoisotopic (exact) mass is 375 g/mol. The normalized spacial score (nSPS) is 16.1. The van der Waals surface area contributed by atoms with Crippen LogP contribution in [0.4, 0.5) is 5.69 Å². The first-order valence-electron chi connectivity index (χ1n) is 9.71. The maximum absolute atomic E-state index is 11.9. The van der Waals surface area contributed by atoms with Gasteiger partial charge in [0.25, 0.3) is 0 Å². The number of ether oxygens (including phenoxy) is 1. The van der Waals surface area contributed by atoms with E-state index in [4.69, 9.17) is 4.74 Å². The fraction of sp³-hybridized carbons (Fsp3) is 0.600. The molecule has 2 N–H and O–H groups in total. The molecule has 7 nitrogen and oxygen atoms in total. The number of amides is 1.